The maximum absolute atomic E-state index is 13.4. The fraction of sp³-hybridized carbons (Fsp3) is 0.440. The van der Waals surface area contributed by atoms with Gasteiger partial charge in [-0.3, -0.25) is 0 Å². The molecule has 202 valence electrons. The summed E-state index contributed by atoms with van der Waals surface area (Å²) in [6.45, 7) is 1.87. The van der Waals surface area contributed by atoms with Gasteiger partial charge < -0.3 is 15.1 Å². The topological polar surface area (TPSA) is 77.8 Å². The van der Waals surface area contributed by atoms with Crippen molar-refractivity contribution in [1.29, 1.82) is 0 Å². The molecule has 1 atom stereocenters. The van der Waals surface area contributed by atoms with Gasteiger partial charge in [0.25, 0.3) is 5.60 Å². The maximum Gasteiger partial charge on any atom is 0.430 e. The zero-order chi connectivity index (χ0) is 27.6. The standard InChI is InChI=1S/C25H25F6NO4S/c1-2-19(33)10-8-17-16-18(23(34,24(26,27)28)25(29,30)31)9-11-22(17)32-14-12-21(13-15-32)37(35,36)20-6-4-3-5-7-20/h3-7,9,11,16,19,21,33-34H,2,12-15H2,1H3/t19-/m0/s1. The lowest BCUT2D eigenvalue weighted by atomic mass is 9.90. The normalized spacial score (nSPS) is 16.7. The molecule has 0 saturated carbocycles. The number of aliphatic hydroxyl groups is 2. The average Bonchev–Trinajstić information content (AvgIpc) is 2.85. The minimum Gasteiger partial charge on any atom is -0.380 e. The molecule has 0 unspecified atom stereocenters. The molecule has 0 amide bonds. The number of halogens is 6. The predicted molar refractivity (Wildman–Crippen MR) is 124 cm³/mol. The third kappa shape index (κ3) is 5.73. The zero-order valence-electron chi connectivity index (χ0n) is 19.6. The molecule has 1 fully saturated rings. The molecular formula is C25H25F6NO4S. The first kappa shape index (κ1) is 28.8. The minimum absolute atomic E-state index is 0.143. The van der Waals surface area contributed by atoms with Crippen molar-refractivity contribution in [2.75, 3.05) is 18.0 Å². The Labute approximate surface area is 210 Å². The molecule has 0 aliphatic carbocycles. The van der Waals surface area contributed by atoms with Gasteiger partial charge in [0.15, 0.2) is 9.84 Å². The van der Waals surface area contributed by atoms with Crippen molar-refractivity contribution in [3.63, 3.8) is 0 Å². The van der Waals surface area contributed by atoms with Crippen LogP contribution in [-0.2, 0) is 15.4 Å². The first-order valence-electron chi connectivity index (χ1n) is 11.4. The van der Waals surface area contributed by atoms with Crippen LogP contribution in [0.2, 0.25) is 0 Å². The van der Waals surface area contributed by atoms with Crippen LogP contribution >= 0.6 is 0 Å². The van der Waals surface area contributed by atoms with Gasteiger partial charge in [0.1, 0.15) is 6.10 Å². The van der Waals surface area contributed by atoms with Crippen LogP contribution in [0.1, 0.15) is 37.3 Å². The van der Waals surface area contributed by atoms with Gasteiger partial charge >= 0.3 is 12.4 Å². The van der Waals surface area contributed by atoms with Gasteiger partial charge in [0.2, 0.25) is 0 Å². The van der Waals surface area contributed by atoms with Crippen LogP contribution in [0, 0.1) is 11.8 Å². The highest BCUT2D eigenvalue weighted by molar-refractivity contribution is 7.92. The number of anilines is 1. The smallest absolute Gasteiger partial charge is 0.380 e. The molecule has 12 heteroatoms. The molecule has 0 spiro atoms. The molecule has 0 bridgehead atoms. The van der Waals surface area contributed by atoms with E-state index in [0.29, 0.717) is 12.1 Å². The summed E-state index contributed by atoms with van der Waals surface area (Å²) in [5.74, 6) is 4.82. The van der Waals surface area contributed by atoms with Gasteiger partial charge in [-0.15, -0.1) is 0 Å². The van der Waals surface area contributed by atoms with Crippen molar-refractivity contribution in [1.82, 2.24) is 0 Å². The summed E-state index contributed by atoms with van der Waals surface area (Å²) in [5.41, 5.74) is -6.69. The van der Waals surface area contributed by atoms with Crippen LogP contribution in [0.15, 0.2) is 53.4 Å². The van der Waals surface area contributed by atoms with E-state index in [0.717, 1.165) is 6.07 Å². The van der Waals surface area contributed by atoms with Gasteiger partial charge in [-0.2, -0.15) is 26.3 Å². The van der Waals surface area contributed by atoms with Crippen molar-refractivity contribution in [2.45, 2.75) is 60.4 Å². The number of hydrogen-bond acceptors (Lipinski definition) is 5. The molecule has 1 aliphatic rings. The van der Waals surface area contributed by atoms with E-state index < -0.39 is 44.7 Å². The Morgan fingerprint density at radius 1 is 1.00 bits per heavy atom. The van der Waals surface area contributed by atoms with E-state index in [1.165, 1.54) is 12.1 Å². The van der Waals surface area contributed by atoms with E-state index in [1.54, 1.807) is 30.0 Å². The SMILES string of the molecule is CC[C@H](O)C#Cc1cc(C(O)(C(F)(F)F)C(F)(F)F)ccc1N1CCC(S(=O)(=O)c2ccccc2)CC1. The molecule has 2 aromatic carbocycles. The molecule has 5 nitrogen and oxygen atoms in total. The van der Waals surface area contributed by atoms with E-state index in [2.05, 4.69) is 11.8 Å². The van der Waals surface area contributed by atoms with Crippen LogP contribution in [0.4, 0.5) is 32.0 Å². The molecule has 0 aromatic heterocycles. The van der Waals surface area contributed by atoms with E-state index in [1.807, 2.05) is 0 Å². The summed E-state index contributed by atoms with van der Waals surface area (Å²) >= 11 is 0. The van der Waals surface area contributed by atoms with Gasteiger partial charge in [-0.1, -0.05) is 43.0 Å². The lowest BCUT2D eigenvalue weighted by Crippen LogP contribution is -2.54. The number of benzene rings is 2. The Hall–Kier alpha value is -2.75. The van der Waals surface area contributed by atoms with Crippen molar-refractivity contribution < 1.29 is 45.0 Å². The van der Waals surface area contributed by atoms with E-state index >= 15 is 0 Å². The second-order valence-corrected chi connectivity index (χ2v) is 10.9. The van der Waals surface area contributed by atoms with Crippen molar-refractivity contribution in [3.05, 3.63) is 59.7 Å². The second kappa shape index (κ2) is 10.6. The molecule has 37 heavy (non-hydrogen) atoms. The average molecular weight is 550 g/mol. The Kier molecular flexibility index (Phi) is 8.22. The van der Waals surface area contributed by atoms with Gasteiger partial charge in [0.05, 0.1) is 15.8 Å². The van der Waals surface area contributed by atoms with Gasteiger partial charge in [-0.05, 0) is 43.5 Å². The molecule has 3 rings (SSSR count). The number of rotatable bonds is 5. The first-order valence-corrected chi connectivity index (χ1v) is 12.9. The fourth-order valence-corrected chi connectivity index (χ4v) is 5.85. The van der Waals surface area contributed by atoms with Crippen LogP contribution in [0.25, 0.3) is 0 Å². The highest BCUT2D eigenvalue weighted by atomic mass is 32.2. The number of piperidine rings is 1. The van der Waals surface area contributed by atoms with Gasteiger partial charge in [0, 0.05) is 24.2 Å². The summed E-state index contributed by atoms with van der Waals surface area (Å²) in [7, 11) is -3.63. The molecular weight excluding hydrogens is 524 g/mol. The maximum atomic E-state index is 13.4. The van der Waals surface area contributed by atoms with Crippen molar-refractivity contribution in [3.8, 4) is 11.8 Å². The number of hydrogen-bond donors (Lipinski definition) is 2. The largest absolute Gasteiger partial charge is 0.430 e. The van der Waals surface area contributed by atoms with Gasteiger partial charge in [-0.25, -0.2) is 8.42 Å². The number of alkyl halides is 6. The van der Waals surface area contributed by atoms with E-state index in [-0.39, 0.29) is 48.5 Å². The summed E-state index contributed by atoms with van der Waals surface area (Å²) in [6, 6.07) is 9.88. The quantitative estimate of drug-likeness (QED) is 0.423. The Bertz CT molecular complexity index is 1240. The molecule has 2 N–H and O–H groups in total. The van der Waals surface area contributed by atoms with Crippen LogP contribution in [0.5, 0.6) is 0 Å². The van der Waals surface area contributed by atoms with Crippen LogP contribution in [-0.4, -0.2) is 55.4 Å². The van der Waals surface area contributed by atoms with Crippen LogP contribution < -0.4 is 4.90 Å². The summed E-state index contributed by atoms with van der Waals surface area (Å²) in [4.78, 5) is 1.78. The molecule has 2 aromatic rings. The highest BCUT2D eigenvalue weighted by Crippen LogP contribution is 2.50. The Morgan fingerprint density at radius 2 is 1.57 bits per heavy atom. The first-order chi connectivity index (χ1) is 17.1. The predicted octanol–water partition coefficient (Wildman–Crippen LogP) is 4.56. The van der Waals surface area contributed by atoms with Crippen molar-refractivity contribution in [2.24, 2.45) is 0 Å². The van der Waals surface area contributed by atoms with Crippen molar-refractivity contribution >= 4 is 15.5 Å². The molecule has 1 heterocycles. The molecule has 0 radical (unpaired) electrons. The lowest BCUT2D eigenvalue weighted by molar-refractivity contribution is -0.376. The molecule has 1 aliphatic heterocycles. The second-order valence-electron chi connectivity index (χ2n) is 8.68. The minimum atomic E-state index is -6.06. The molecule has 1 saturated heterocycles. The summed E-state index contributed by atoms with van der Waals surface area (Å²) < 4.78 is 106. The van der Waals surface area contributed by atoms with Crippen LogP contribution in [0.3, 0.4) is 0 Å². The zero-order valence-corrected chi connectivity index (χ0v) is 20.5. The fourth-order valence-electron chi connectivity index (χ4n) is 4.10. The summed E-state index contributed by atoms with van der Waals surface area (Å²) in [5, 5.41) is 18.9. The lowest BCUT2D eigenvalue weighted by Gasteiger charge is -2.35. The number of nitrogens with zero attached hydrogens (tertiary/aromatic N) is 1. The Balaban J connectivity index is 1.98. The highest BCUT2D eigenvalue weighted by Gasteiger charge is 2.71. The van der Waals surface area contributed by atoms with E-state index in [4.69, 9.17) is 0 Å². The summed E-state index contributed by atoms with van der Waals surface area (Å²) in [6.07, 6.45) is -12.8. The monoisotopic (exact) mass is 549 g/mol. The number of aliphatic hydroxyl groups excluding tert-OH is 1. The number of sulfone groups is 1. The third-order valence-corrected chi connectivity index (χ3v) is 8.57. The third-order valence-electron chi connectivity index (χ3n) is 6.29. The Morgan fingerprint density at radius 3 is 2.08 bits per heavy atom. The van der Waals surface area contributed by atoms with E-state index in [9.17, 15) is 45.0 Å².